The summed E-state index contributed by atoms with van der Waals surface area (Å²) in [5.41, 5.74) is 6.88. The van der Waals surface area contributed by atoms with Gasteiger partial charge in [-0.25, -0.2) is 0 Å². The fraction of sp³-hybridized carbons (Fsp3) is 0.588. The molecule has 1 unspecified atom stereocenters. The summed E-state index contributed by atoms with van der Waals surface area (Å²) in [6.07, 6.45) is 0.667. The summed E-state index contributed by atoms with van der Waals surface area (Å²) in [4.78, 5) is 36.6. The topological polar surface area (TPSA) is 106 Å². The molecule has 8 heteroatoms. The smallest absolute Gasteiger partial charge is 0.253 e. The van der Waals surface area contributed by atoms with E-state index in [0.717, 1.165) is 0 Å². The number of nitrogens with two attached hydrogens (primary N) is 1. The Bertz CT molecular complexity index is 669. The Kier molecular flexibility index (Phi) is 9.44. The average Bonchev–Trinajstić information content (AvgIpc) is 2.42. The Hall–Kier alpha value is -1.86. The number of carbonyl (C=O) groups is 2. The lowest BCUT2D eigenvalue weighted by molar-refractivity contribution is -0.122. The maximum Gasteiger partial charge on any atom is 0.253 e. The van der Waals surface area contributed by atoms with E-state index in [-0.39, 0.29) is 48.4 Å². The number of halogens is 1. The summed E-state index contributed by atoms with van der Waals surface area (Å²) < 4.78 is 1.32. The van der Waals surface area contributed by atoms with Gasteiger partial charge in [0, 0.05) is 30.4 Å². The molecule has 4 N–H and O–H groups in total. The lowest BCUT2D eigenvalue weighted by atomic mass is 10.1. The van der Waals surface area contributed by atoms with Crippen molar-refractivity contribution in [3.05, 3.63) is 33.2 Å². The first kappa shape index (κ1) is 23.1. The van der Waals surface area contributed by atoms with Crippen molar-refractivity contribution in [3.8, 4) is 0 Å². The second kappa shape index (κ2) is 10.2. The van der Waals surface area contributed by atoms with Gasteiger partial charge in [-0.1, -0.05) is 0 Å². The Morgan fingerprint density at radius 2 is 1.84 bits per heavy atom. The average molecular weight is 373 g/mol. The SMILES string of the molecule is Cc1cc(=O)n(CC(=O)NC(C)C)c(C)c1C(=O)NCCC(C)N.Cl. The largest absolute Gasteiger partial charge is 0.352 e. The molecule has 0 aromatic carbocycles. The zero-order valence-corrected chi connectivity index (χ0v) is 16.3. The molecule has 142 valence electrons. The predicted molar refractivity (Wildman–Crippen MR) is 101 cm³/mol. The van der Waals surface area contributed by atoms with Gasteiger partial charge < -0.3 is 20.9 Å². The van der Waals surface area contributed by atoms with Crippen molar-refractivity contribution in [2.24, 2.45) is 5.73 Å². The Morgan fingerprint density at radius 1 is 1.24 bits per heavy atom. The number of aryl methyl sites for hydroxylation is 1. The lowest BCUT2D eigenvalue weighted by Crippen LogP contribution is -2.38. The lowest BCUT2D eigenvalue weighted by Gasteiger charge is -2.17. The molecule has 7 nitrogen and oxygen atoms in total. The predicted octanol–water partition coefficient (Wildman–Crippen LogP) is 0.879. The quantitative estimate of drug-likeness (QED) is 0.660. The molecule has 0 bridgehead atoms. The zero-order chi connectivity index (χ0) is 18.4. The number of nitrogens with zero attached hydrogens (tertiary/aromatic N) is 1. The first-order valence-electron chi connectivity index (χ1n) is 8.17. The number of pyridine rings is 1. The van der Waals surface area contributed by atoms with Crippen LogP contribution in [0.3, 0.4) is 0 Å². The number of carbonyl (C=O) groups excluding carboxylic acids is 2. The molecule has 25 heavy (non-hydrogen) atoms. The van der Waals surface area contributed by atoms with Gasteiger partial charge in [0.15, 0.2) is 0 Å². The van der Waals surface area contributed by atoms with E-state index in [2.05, 4.69) is 10.6 Å². The number of aromatic nitrogens is 1. The van der Waals surface area contributed by atoms with Crippen LogP contribution in [0.2, 0.25) is 0 Å². The number of hydrogen-bond donors (Lipinski definition) is 3. The molecule has 1 aromatic rings. The van der Waals surface area contributed by atoms with Crippen molar-refractivity contribution in [2.45, 2.75) is 59.7 Å². The van der Waals surface area contributed by atoms with Crippen molar-refractivity contribution < 1.29 is 9.59 Å². The molecule has 1 atom stereocenters. The van der Waals surface area contributed by atoms with Gasteiger partial charge in [-0.05, 0) is 46.6 Å². The van der Waals surface area contributed by atoms with E-state index < -0.39 is 0 Å². The highest BCUT2D eigenvalue weighted by molar-refractivity contribution is 5.96. The molecule has 0 radical (unpaired) electrons. The molecule has 1 rings (SSSR count). The Morgan fingerprint density at radius 3 is 2.36 bits per heavy atom. The van der Waals surface area contributed by atoms with Crippen molar-refractivity contribution >= 4 is 24.2 Å². The fourth-order valence-corrected chi connectivity index (χ4v) is 2.47. The molecule has 1 aromatic heterocycles. The van der Waals surface area contributed by atoms with Gasteiger partial charge in [0.05, 0.1) is 5.56 Å². The van der Waals surface area contributed by atoms with E-state index in [1.165, 1.54) is 10.6 Å². The molecule has 0 aliphatic heterocycles. The highest BCUT2D eigenvalue weighted by atomic mass is 35.5. The summed E-state index contributed by atoms with van der Waals surface area (Å²) in [6, 6.07) is 1.37. The molecule has 0 aliphatic rings. The van der Waals surface area contributed by atoms with Crippen molar-refractivity contribution in [3.63, 3.8) is 0 Å². The maximum atomic E-state index is 12.4. The fourth-order valence-electron chi connectivity index (χ4n) is 2.47. The molecule has 1 heterocycles. The van der Waals surface area contributed by atoms with Crippen LogP contribution in [-0.4, -0.2) is 35.0 Å². The van der Waals surface area contributed by atoms with Gasteiger partial charge in [-0.2, -0.15) is 0 Å². The highest BCUT2D eigenvalue weighted by Gasteiger charge is 2.18. The summed E-state index contributed by atoms with van der Waals surface area (Å²) in [7, 11) is 0. The molecule has 0 saturated heterocycles. The monoisotopic (exact) mass is 372 g/mol. The standard InChI is InChI=1S/C17H28N4O3.ClH/c1-10(2)20-14(22)9-21-13(5)16(11(3)8-15(21)23)17(24)19-7-6-12(4)18;/h8,10,12H,6-7,9,18H2,1-5H3,(H,19,24)(H,20,22);1H. The Balaban J connectivity index is 0.00000576. The van der Waals surface area contributed by atoms with E-state index in [1.54, 1.807) is 13.8 Å². The van der Waals surface area contributed by atoms with Gasteiger partial charge in [0.2, 0.25) is 5.91 Å². The van der Waals surface area contributed by atoms with E-state index in [9.17, 15) is 14.4 Å². The normalized spacial score (nSPS) is 11.6. The van der Waals surface area contributed by atoms with Crippen LogP contribution in [0.15, 0.2) is 10.9 Å². The number of rotatable bonds is 7. The highest BCUT2D eigenvalue weighted by Crippen LogP contribution is 2.11. The van der Waals surface area contributed by atoms with Gasteiger partial charge in [-0.3, -0.25) is 14.4 Å². The third-order valence-electron chi connectivity index (χ3n) is 3.63. The first-order chi connectivity index (χ1) is 11.1. The molecule has 0 saturated carbocycles. The van der Waals surface area contributed by atoms with Crippen molar-refractivity contribution in [2.75, 3.05) is 6.54 Å². The van der Waals surface area contributed by atoms with Crippen LogP contribution in [0, 0.1) is 13.8 Å². The van der Waals surface area contributed by atoms with Crippen molar-refractivity contribution in [1.82, 2.24) is 15.2 Å². The maximum absolute atomic E-state index is 12.4. The minimum atomic E-state index is -0.295. The molecule has 0 spiro atoms. The Labute approximate surface area is 154 Å². The molecule has 2 amide bonds. The first-order valence-corrected chi connectivity index (χ1v) is 8.17. The van der Waals surface area contributed by atoms with Gasteiger partial charge in [0.25, 0.3) is 11.5 Å². The summed E-state index contributed by atoms with van der Waals surface area (Å²) in [5.74, 6) is -0.522. The third-order valence-corrected chi connectivity index (χ3v) is 3.63. The molecular weight excluding hydrogens is 344 g/mol. The van der Waals surface area contributed by atoms with Gasteiger partial charge >= 0.3 is 0 Å². The zero-order valence-electron chi connectivity index (χ0n) is 15.5. The van der Waals surface area contributed by atoms with Crippen LogP contribution in [0.4, 0.5) is 0 Å². The number of hydrogen-bond acceptors (Lipinski definition) is 4. The van der Waals surface area contributed by atoms with Crippen LogP contribution < -0.4 is 21.9 Å². The number of nitrogens with one attached hydrogen (secondary N) is 2. The van der Waals surface area contributed by atoms with E-state index >= 15 is 0 Å². The van der Waals surface area contributed by atoms with E-state index in [4.69, 9.17) is 5.73 Å². The summed E-state index contributed by atoms with van der Waals surface area (Å²) in [5, 5.41) is 5.55. The van der Waals surface area contributed by atoms with Crippen molar-refractivity contribution in [1.29, 1.82) is 0 Å². The van der Waals surface area contributed by atoms with E-state index in [1.807, 2.05) is 20.8 Å². The third kappa shape index (κ3) is 6.88. The molecular formula is C17H29ClN4O3. The summed E-state index contributed by atoms with van der Waals surface area (Å²) >= 11 is 0. The summed E-state index contributed by atoms with van der Waals surface area (Å²) in [6.45, 7) is 9.31. The van der Waals surface area contributed by atoms with Crippen LogP contribution in [0.1, 0.15) is 48.8 Å². The van der Waals surface area contributed by atoms with Gasteiger partial charge in [-0.15, -0.1) is 12.4 Å². The van der Waals surface area contributed by atoms with Crippen LogP contribution in [0.5, 0.6) is 0 Å². The van der Waals surface area contributed by atoms with Crippen LogP contribution in [-0.2, 0) is 11.3 Å². The molecule has 0 aliphatic carbocycles. The minimum absolute atomic E-state index is 0. The second-order valence-electron chi connectivity index (χ2n) is 6.46. The van der Waals surface area contributed by atoms with Crippen LogP contribution in [0.25, 0.3) is 0 Å². The molecule has 0 fully saturated rings. The second-order valence-corrected chi connectivity index (χ2v) is 6.46. The minimum Gasteiger partial charge on any atom is -0.352 e. The number of amides is 2. The van der Waals surface area contributed by atoms with Gasteiger partial charge in [0.1, 0.15) is 6.54 Å². The van der Waals surface area contributed by atoms with Crippen LogP contribution >= 0.6 is 12.4 Å². The van der Waals surface area contributed by atoms with E-state index in [0.29, 0.717) is 29.8 Å².